The molecule has 2 nitrogen and oxygen atoms in total. The molecule has 0 radical (unpaired) electrons. The zero-order valence-electron chi connectivity index (χ0n) is 36.7. The Morgan fingerprint density at radius 1 is 0.897 bits per heavy atom. The SMILES string of the molecule is C#C/C(=C\C=C(/C)CC)N(c1cccc(C(C)C)c1)c1cc2c(cc1/C=C\CCCC)cc(N(C1=CC(C)=C=CC=C1)C(C)/C=C\C(=CC)C(C)C)c1ccccc12. The number of rotatable bonds is 16. The van der Waals surface area contributed by atoms with Gasteiger partial charge in [0, 0.05) is 22.8 Å². The van der Waals surface area contributed by atoms with E-state index in [2.05, 4.69) is 218 Å². The van der Waals surface area contributed by atoms with Crippen LogP contribution in [0, 0.1) is 18.3 Å². The first kappa shape index (κ1) is 43.4. The van der Waals surface area contributed by atoms with Crippen LogP contribution in [0.5, 0.6) is 0 Å². The largest absolute Gasteiger partial charge is 0.334 e. The van der Waals surface area contributed by atoms with Crippen molar-refractivity contribution in [3.8, 4) is 12.3 Å². The number of benzene rings is 4. The third kappa shape index (κ3) is 10.4. The fourth-order valence-corrected chi connectivity index (χ4v) is 7.50. The van der Waals surface area contributed by atoms with Crippen molar-refractivity contribution in [2.45, 2.75) is 107 Å². The highest BCUT2D eigenvalue weighted by molar-refractivity contribution is 6.15. The number of hydrogen-bond acceptors (Lipinski definition) is 2. The maximum atomic E-state index is 6.47. The highest BCUT2D eigenvalue weighted by atomic mass is 15.2. The molecule has 0 aliphatic heterocycles. The van der Waals surface area contributed by atoms with Crippen molar-refractivity contribution in [1.82, 2.24) is 0 Å². The number of anilines is 3. The van der Waals surface area contributed by atoms with E-state index in [4.69, 9.17) is 6.42 Å². The third-order valence-corrected chi connectivity index (χ3v) is 11.1. The van der Waals surface area contributed by atoms with Crippen LogP contribution in [0.15, 0.2) is 161 Å². The van der Waals surface area contributed by atoms with Gasteiger partial charge >= 0.3 is 0 Å². The fourth-order valence-electron chi connectivity index (χ4n) is 7.50. The molecule has 58 heavy (non-hydrogen) atoms. The van der Waals surface area contributed by atoms with Crippen LogP contribution in [-0.2, 0) is 0 Å². The lowest BCUT2D eigenvalue weighted by Crippen LogP contribution is -2.30. The Labute approximate surface area is 350 Å². The second kappa shape index (κ2) is 20.6. The Kier molecular flexibility index (Phi) is 15.4. The van der Waals surface area contributed by atoms with Gasteiger partial charge in [-0.25, -0.2) is 0 Å². The highest BCUT2D eigenvalue weighted by Crippen LogP contribution is 2.43. The summed E-state index contributed by atoms with van der Waals surface area (Å²) in [6.07, 6.45) is 35.1. The Morgan fingerprint density at radius 2 is 1.67 bits per heavy atom. The molecule has 0 spiro atoms. The molecule has 1 aliphatic rings. The topological polar surface area (TPSA) is 6.48 Å². The Balaban J connectivity index is 1.87. The molecular weight excluding hydrogens is 701 g/mol. The second-order valence-electron chi connectivity index (χ2n) is 16.1. The van der Waals surface area contributed by atoms with Crippen molar-refractivity contribution in [1.29, 1.82) is 0 Å². The first-order valence-electron chi connectivity index (χ1n) is 21.4. The molecule has 0 aromatic heterocycles. The number of allylic oxidation sites excluding steroid dienone is 12. The number of hydrogen-bond donors (Lipinski definition) is 0. The van der Waals surface area contributed by atoms with E-state index in [9.17, 15) is 0 Å². The molecule has 1 atom stereocenters. The molecule has 0 heterocycles. The first-order valence-corrected chi connectivity index (χ1v) is 21.4. The highest BCUT2D eigenvalue weighted by Gasteiger charge is 2.23. The maximum absolute atomic E-state index is 6.47. The van der Waals surface area contributed by atoms with Gasteiger partial charge < -0.3 is 9.80 Å². The van der Waals surface area contributed by atoms with E-state index >= 15 is 0 Å². The van der Waals surface area contributed by atoms with Crippen LogP contribution in [0.3, 0.4) is 0 Å². The summed E-state index contributed by atoms with van der Waals surface area (Å²) in [6, 6.07) is 24.9. The molecule has 2 heteroatoms. The molecule has 1 unspecified atom stereocenters. The van der Waals surface area contributed by atoms with Crippen molar-refractivity contribution in [2.24, 2.45) is 5.92 Å². The van der Waals surface area contributed by atoms with Crippen molar-refractivity contribution in [3.05, 3.63) is 172 Å². The summed E-state index contributed by atoms with van der Waals surface area (Å²) in [5.74, 6) is 3.92. The predicted molar refractivity (Wildman–Crippen MR) is 258 cm³/mol. The van der Waals surface area contributed by atoms with Crippen LogP contribution in [0.2, 0.25) is 0 Å². The monoisotopic (exact) mass is 765 g/mol. The summed E-state index contributed by atoms with van der Waals surface area (Å²) in [7, 11) is 0. The van der Waals surface area contributed by atoms with Crippen molar-refractivity contribution >= 4 is 44.7 Å². The van der Waals surface area contributed by atoms with Crippen LogP contribution in [0.25, 0.3) is 27.6 Å². The van der Waals surface area contributed by atoms with Gasteiger partial charge in [-0.1, -0.05) is 145 Å². The van der Waals surface area contributed by atoms with Gasteiger partial charge in [0.1, 0.15) is 0 Å². The second-order valence-corrected chi connectivity index (χ2v) is 16.1. The number of nitrogens with zero attached hydrogens (tertiary/aromatic N) is 2. The lowest BCUT2D eigenvalue weighted by atomic mass is 9.94. The van der Waals surface area contributed by atoms with E-state index in [1.807, 2.05) is 6.08 Å². The van der Waals surface area contributed by atoms with Gasteiger partial charge in [-0.2, -0.15) is 0 Å². The zero-order valence-corrected chi connectivity index (χ0v) is 36.7. The van der Waals surface area contributed by atoms with Crippen LogP contribution < -0.4 is 9.80 Å². The van der Waals surface area contributed by atoms with Gasteiger partial charge in [-0.05, 0) is 145 Å². The minimum atomic E-state index is 0.0516. The van der Waals surface area contributed by atoms with E-state index < -0.39 is 0 Å². The van der Waals surface area contributed by atoms with Crippen molar-refractivity contribution in [2.75, 3.05) is 9.80 Å². The van der Waals surface area contributed by atoms with Gasteiger partial charge in [-0.3, -0.25) is 0 Å². The van der Waals surface area contributed by atoms with Crippen LogP contribution in [0.1, 0.15) is 112 Å². The molecule has 5 rings (SSSR count). The van der Waals surface area contributed by atoms with Crippen molar-refractivity contribution < 1.29 is 0 Å². The van der Waals surface area contributed by atoms with Gasteiger partial charge in [0.15, 0.2) is 0 Å². The average Bonchev–Trinajstić information content (AvgIpc) is 3.44. The van der Waals surface area contributed by atoms with Gasteiger partial charge in [0.25, 0.3) is 0 Å². The molecule has 0 fully saturated rings. The predicted octanol–water partition coefficient (Wildman–Crippen LogP) is 16.2. The summed E-state index contributed by atoms with van der Waals surface area (Å²) in [6.45, 7) is 22.1. The lowest BCUT2D eigenvalue weighted by molar-refractivity contribution is 0.782. The smallest absolute Gasteiger partial charge is 0.0967 e. The normalized spacial score (nSPS) is 14.5. The molecule has 0 saturated carbocycles. The van der Waals surface area contributed by atoms with Gasteiger partial charge in [0.05, 0.1) is 17.1 Å². The van der Waals surface area contributed by atoms with E-state index in [-0.39, 0.29) is 6.04 Å². The molecule has 1 aliphatic carbocycles. The standard InChI is InChI=1S/C56H64N2/c1-12-16-17-18-25-47-36-48-38-56(57(50-27-20-19-24-43(10)35-50)44(11)32-33-45(14-3)40(5)6)53-30-22-21-29-52(53)54(48)39-55(47)58(49(15-4)34-31-42(9)13-2)51-28-23-26-46(37-51)41(7)8/h4,14,18-23,25-41,44H,12-13,16-17H2,1-3,5-11H3/b25-18-,33-32-,42-31+,45-14?,49-34+. The third-order valence-electron chi connectivity index (χ3n) is 11.1. The van der Waals surface area contributed by atoms with E-state index in [0.717, 1.165) is 65.3 Å². The molecule has 0 amide bonds. The van der Waals surface area contributed by atoms with Gasteiger partial charge in [-0.15, -0.1) is 12.2 Å². The summed E-state index contributed by atoms with van der Waals surface area (Å²) in [4.78, 5) is 4.78. The van der Waals surface area contributed by atoms with Gasteiger partial charge in [0.2, 0.25) is 0 Å². The Morgan fingerprint density at radius 3 is 2.36 bits per heavy atom. The summed E-state index contributed by atoms with van der Waals surface area (Å²) in [5.41, 5.74) is 14.7. The molecular formula is C56H64N2. The average molecular weight is 765 g/mol. The quantitative estimate of drug-likeness (QED) is 0.0369. The first-order chi connectivity index (χ1) is 28.0. The van der Waals surface area contributed by atoms with E-state index in [0.29, 0.717) is 11.8 Å². The van der Waals surface area contributed by atoms with Crippen LogP contribution in [-0.4, -0.2) is 6.04 Å². The van der Waals surface area contributed by atoms with E-state index in [1.54, 1.807) is 0 Å². The minimum Gasteiger partial charge on any atom is -0.334 e. The molecule has 4 aromatic carbocycles. The zero-order chi connectivity index (χ0) is 41.8. The molecule has 0 bridgehead atoms. The Hall–Kier alpha value is -5.74. The molecule has 0 N–H and O–H groups in total. The number of terminal acetylenes is 1. The molecule has 298 valence electrons. The Bertz CT molecular complexity index is 2420. The maximum Gasteiger partial charge on any atom is 0.0967 e. The van der Waals surface area contributed by atoms with Crippen LogP contribution in [0.4, 0.5) is 17.1 Å². The summed E-state index contributed by atoms with van der Waals surface area (Å²) in [5, 5.41) is 4.75. The number of unbranched alkanes of at least 4 members (excludes halogenated alkanes) is 2. The van der Waals surface area contributed by atoms with Crippen molar-refractivity contribution in [3.63, 3.8) is 0 Å². The number of fused-ring (bicyclic) bond motifs is 3. The van der Waals surface area contributed by atoms with E-state index in [1.165, 1.54) is 38.3 Å². The fraction of sp³-hybridized carbons (Fsp3) is 0.304. The summed E-state index contributed by atoms with van der Waals surface area (Å²) >= 11 is 0. The minimum absolute atomic E-state index is 0.0516. The summed E-state index contributed by atoms with van der Waals surface area (Å²) < 4.78 is 0. The molecule has 4 aromatic rings. The lowest BCUT2D eigenvalue weighted by Gasteiger charge is -2.33. The van der Waals surface area contributed by atoms with Crippen LogP contribution >= 0.6 is 0 Å². The molecule has 0 saturated heterocycles.